The van der Waals surface area contributed by atoms with E-state index in [1.807, 2.05) is 4.72 Å². The fourth-order valence-electron chi connectivity index (χ4n) is 1.34. The topological polar surface area (TPSA) is 63.2 Å². The summed E-state index contributed by atoms with van der Waals surface area (Å²) in [5.41, 5.74) is 0.245. The molecule has 1 heterocycles. The highest BCUT2D eigenvalue weighted by molar-refractivity contribution is 7.90. The first kappa shape index (κ1) is 12.0. The lowest BCUT2D eigenvalue weighted by atomic mass is 10.1. The largest absolute Gasteiger partial charge is 0.268 e. The molecule has 1 aromatic rings. The monoisotopic (exact) mass is 299 g/mol. The van der Waals surface area contributed by atoms with Crippen LogP contribution < -0.4 is 4.72 Å². The van der Waals surface area contributed by atoms with Crippen LogP contribution in [0.25, 0.3) is 0 Å². The Balaban J connectivity index is 2.69. The number of carbonyl (C=O) groups excluding carboxylic acids is 1. The van der Waals surface area contributed by atoms with Gasteiger partial charge in [0.05, 0.1) is 5.56 Å². The Bertz CT molecular complexity index is 577. The number of amides is 1. The second kappa shape index (κ2) is 3.50. The minimum absolute atomic E-state index is 0.0537. The standard InChI is InChI=1S/C8H4Cl3NO3S/c9-8(10,11)4-1-2-5-6(3-4)16(14,15)12-7(5)13/h1-3H,(H,12,13). The van der Waals surface area contributed by atoms with Crippen molar-refractivity contribution in [2.45, 2.75) is 8.69 Å². The molecular formula is C8H4Cl3NO3S. The molecule has 0 atom stereocenters. The van der Waals surface area contributed by atoms with Crippen LogP contribution in [-0.2, 0) is 13.8 Å². The molecule has 86 valence electrons. The molecule has 0 saturated heterocycles. The highest BCUT2D eigenvalue weighted by Crippen LogP contribution is 2.40. The molecule has 0 aliphatic carbocycles. The molecule has 0 bridgehead atoms. The average molecular weight is 301 g/mol. The number of hydrogen-bond acceptors (Lipinski definition) is 3. The number of carbonyl (C=O) groups is 1. The van der Waals surface area contributed by atoms with E-state index >= 15 is 0 Å². The minimum Gasteiger partial charge on any atom is -0.268 e. The summed E-state index contributed by atoms with van der Waals surface area (Å²) in [6.07, 6.45) is 0. The molecule has 0 fully saturated rings. The Morgan fingerprint density at radius 3 is 2.38 bits per heavy atom. The predicted octanol–water partition coefficient (Wildman–Crippen LogP) is 1.95. The molecule has 0 aromatic heterocycles. The summed E-state index contributed by atoms with van der Waals surface area (Å²) in [7, 11) is -3.81. The Morgan fingerprint density at radius 2 is 1.81 bits per heavy atom. The Hall–Kier alpha value is -0.490. The Labute approximate surface area is 107 Å². The molecule has 0 saturated carbocycles. The maximum atomic E-state index is 11.5. The van der Waals surface area contributed by atoms with Crippen molar-refractivity contribution in [3.8, 4) is 0 Å². The van der Waals surface area contributed by atoms with E-state index in [-0.39, 0.29) is 16.0 Å². The fraction of sp³-hybridized carbons (Fsp3) is 0.125. The van der Waals surface area contributed by atoms with E-state index in [2.05, 4.69) is 0 Å². The summed E-state index contributed by atoms with van der Waals surface area (Å²) in [5.74, 6) is -0.675. The highest BCUT2D eigenvalue weighted by atomic mass is 35.6. The normalized spacial score (nSPS) is 18.1. The molecular weight excluding hydrogens is 297 g/mol. The Kier molecular flexibility index (Phi) is 2.62. The van der Waals surface area contributed by atoms with Crippen molar-refractivity contribution < 1.29 is 13.2 Å². The summed E-state index contributed by atoms with van der Waals surface area (Å²) in [4.78, 5) is 11.1. The third kappa shape index (κ3) is 1.88. The number of alkyl halides is 3. The van der Waals surface area contributed by atoms with Crippen molar-refractivity contribution in [3.05, 3.63) is 29.3 Å². The number of fused-ring (bicyclic) bond motifs is 1. The minimum atomic E-state index is -3.81. The quantitative estimate of drug-likeness (QED) is 0.745. The number of nitrogens with one attached hydrogen (secondary N) is 1. The fourth-order valence-corrected chi connectivity index (χ4v) is 2.89. The van der Waals surface area contributed by atoms with Crippen LogP contribution in [0.4, 0.5) is 0 Å². The highest BCUT2D eigenvalue weighted by Gasteiger charge is 2.34. The van der Waals surface area contributed by atoms with E-state index in [9.17, 15) is 13.2 Å². The third-order valence-electron chi connectivity index (χ3n) is 2.07. The Morgan fingerprint density at radius 1 is 1.19 bits per heavy atom. The van der Waals surface area contributed by atoms with Crippen molar-refractivity contribution >= 4 is 50.7 Å². The van der Waals surface area contributed by atoms with E-state index in [0.29, 0.717) is 0 Å². The zero-order valence-corrected chi connectivity index (χ0v) is 10.6. The van der Waals surface area contributed by atoms with Crippen LogP contribution in [0.5, 0.6) is 0 Å². The number of hydrogen-bond donors (Lipinski definition) is 1. The van der Waals surface area contributed by atoms with Gasteiger partial charge in [-0.05, 0) is 12.1 Å². The first-order chi connectivity index (χ1) is 7.22. The maximum absolute atomic E-state index is 11.5. The van der Waals surface area contributed by atoms with E-state index < -0.39 is 19.7 Å². The van der Waals surface area contributed by atoms with Gasteiger partial charge in [0.1, 0.15) is 4.90 Å². The van der Waals surface area contributed by atoms with E-state index in [1.54, 1.807) is 0 Å². The van der Waals surface area contributed by atoms with Gasteiger partial charge < -0.3 is 0 Å². The molecule has 1 aromatic carbocycles. The summed E-state index contributed by atoms with van der Waals surface area (Å²) in [6, 6.07) is 3.88. The molecule has 4 nitrogen and oxygen atoms in total. The van der Waals surface area contributed by atoms with Crippen molar-refractivity contribution in [2.24, 2.45) is 0 Å². The lowest BCUT2D eigenvalue weighted by Crippen LogP contribution is -2.20. The van der Waals surface area contributed by atoms with Gasteiger partial charge in [0.2, 0.25) is 3.79 Å². The SMILES string of the molecule is O=C1NS(=O)(=O)c2cc(C(Cl)(Cl)Cl)ccc21. The van der Waals surface area contributed by atoms with Gasteiger partial charge in [0.15, 0.2) is 0 Å². The summed E-state index contributed by atoms with van der Waals surface area (Å²) in [6.45, 7) is 0. The van der Waals surface area contributed by atoms with Crippen LogP contribution in [0.15, 0.2) is 23.1 Å². The van der Waals surface area contributed by atoms with E-state index in [1.165, 1.54) is 18.2 Å². The lowest BCUT2D eigenvalue weighted by molar-refractivity contribution is 0.0985. The first-order valence-electron chi connectivity index (χ1n) is 4.00. The van der Waals surface area contributed by atoms with E-state index in [0.717, 1.165) is 0 Å². The van der Waals surface area contributed by atoms with Gasteiger partial charge in [-0.2, -0.15) is 0 Å². The average Bonchev–Trinajstić information content (AvgIpc) is 2.36. The van der Waals surface area contributed by atoms with Gasteiger partial charge in [-0.15, -0.1) is 0 Å². The molecule has 8 heteroatoms. The van der Waals surface area contributed by atoms with Gasteiger partial charge in [-0.3, -0.25) is 4.79 Å². The van der Waals surface area contributed by atoms with Gasteiger partial charge in [-0.1, -0.05) is 40.9 Å². The number of halogens is 3. The van der Waals surface area contributed by atoms with Crippen LogP contribution in [0, 0.1) is 0 Å². The van der Waals surface area contributed by atoms with Gasteiger partial charge in [0, 0.05) is 5.56 Å². The second-order valence-electron chi connectivity index (χ2n) is 3.14. The number of rotatable bonds is 0. The molecule has 1 aliphatic rings. The zero-order valence-electron chi connectivity index (χ0n) is 7.50. The third-order valence-corrected chi connectivity index (χ3v) is 4.10. The molecule has 0 spiro atoms. The number of sulfonamides is 1. The van der Waals surface area contributed by atoms with Crippen molar-refractivity contribution in [2.75, 3.05) is 0 Å². The first-order valence-corrected chi connectivity index (χ1v) is 6.62. The van der Waals surface area contributed by atoms with Crippen LogP contribution in [0.2, 0.25) is 0 Å². The molecule has 2 rings (SSSR count). The summed E-state index contributed by atoms with van der Waals surface area (Å²) >= 11 is 16.9. The molecule has 0 radical (unpaired) electrons. The van der Waals surface area contributed by atoms with Crippen LogP contribution >= 0.6 is 34.8 Å². The second-order valence-corrected chi connectivity index (χ2v) is 7.08. The van der Waals surface area contributed by atoms with Crippen molar-refractivity contribution in [1.29, 1.82) is 0 Å². The lowest BCUT2D eigenvalue weighted by Gasteiger charge is -2.11. The molecule has 16 heavy (non-hydrogen) atoms. The molecule has 0 unspecified atom stereocenters. The van der Waals surface area contributed by atoms with Gasteiger partial charge in [0.25, 0.3) is 15.9 Å². The van der Waals surface area contributed by atoms with Crippen LogP contribution in [0.1, 0.15) is 15.9 Å². The number of benzene rings is 1. The predicted molar refractivity (Wildman–Crippen MR) is 60.3 cm³/mol. The van der Waals surface area contributed by atoms with Crippen LogP contribution in [0.3, 0.4) is 0 Å². The van der Waals surface area contributed by atoms with Gasteiger partial charge >= 0.3 is 0 Å². The van der Waals surface area contributed by atoms with Gasteiger partial charge in [-0.25, -0.2) is 13.1 Å². The molecule has 1 amide bonds. The summed E-state index contributed by atoms with van der Waals surface area (Å²) < 4.78 is 23.1. The molecule has 1 aliphatic heterocycles. The van der Waals surface area contributed by atoms with Crippen molar-refractivity contribution in [3.63, 3.8) is 0 Å². The van der Waals surface area contributed by atoms with E-state index in [4.69, 9.17) is 34.8 Å². The summed E-state index contributed by atoms with van der Waals surface area (Å²) in [5, 5.41) is 0. The molecule has 1 N–H and O–H groups in total. The zero-order chi connectivity index (χ0) is 12.1. The van der Waals surface area contributed by atoms with Crippen molar-refractivity contribution in [1.82, 2.24) is 4.72 Å². The maximum Gasteiger partial charge on any atom is 0.266 e. The smallest absolute Gasteiger partial charge is 0.266 e. The van der Waals surface area contributed by atoms with Crippen LogP contribution in [-0.4, -0.2) is 14.3 Å².